The van der Waals surface area contributed by atoms with Crippen LogP contribution in [0, 0.1) is 0 Å². The second kappa shape index (κ2) is 12.6. The molecule has 0 spiro atoms. The molecule has 0 saturated heterocycles. The van der Waals surface area contributed by atoms with Crippen LogP contribution in [0.4, 0.5) is 5.69 Å². The number of fused-ring (bicyclic) bond motifs is 5. The van der Waals surface area contributed by atoms with E-state index in [1.165, 1.54) is 12.8 Å². The number of hydrogen-bond acceptors (Lipinski definition) is 4. The van der Waals surface area contributed by atoms with Crippen molar-refractivity contribution >= 4 is 81.3 Å². The molecule has 0 amide bonds. The highest BCUT2D eigenvalue weighted by molar-refractivity contribution is 9.10. The Labute approximate surface area is 288 Å². The molecule has 5 nitrogen and oxygen atoms in total. The van der Waals surface area contributed by atoms with Crippen molar-refractivity contribution in [1.82, 2.24) is 4.57 Å². The Morgan fingerprint density at radius 2 is 1.29 bits per heavy atom. The lowest BCUT2D eigenvalue weighted by atomic mass is 9.86. The molecule has 6 aromatic carbocycles. The minimum Gasteiger partial charge on any atom is -0.494 e. The van der Waals surface area contributed by atoms with Crippen LogP contribution in [0.3, 0.4) is 0 Å². The molecule has 0 saturated carbocycles. The maximum Gasteiger partial charge on any atom is 0.263 e. The molecule has 1 aliphatic heterocycles. The van der Waals surface area contributed by atoms with E-state index in [1.54, 1.807) is 4.57 Å². The maximum atomic E-state index is 15.1. The zero-order chi connectivity index (χ0) is 32.9. The summed E-state index contributed by atoms with van der Waals surface area (Å²) in [6.45, 7) is 4.44. The molecule has 0 atom stereocenters. The zero-order valence-electron chi connectivity index (χ0n) is 27.7. The van der Waals surface area contributed by atoms with Gasteiger partial charge in [0.15, 0.2) is 5.84 Å². The first kappa shape index (κ1) is 31.0. The van der Waals surface area contributed by atoms with Crippen molar-refractivity contribution in [3.05, 3.63) is 98.5 Å². The molecule has 1 aromatic heterocycles. The van der Waals surface area contributed by atoms with E-state index in [0.717, 1.165) is 110 Å². The average molecular weight is 699 g/mol. The summed E-state index contributed by atoms with van der Waals surface area (Å²) in [5.41, 5.74) is 1.49. The highest BCUT2D eigenvalue weighted by Crippen LogP contribution is 2.48. The van der Waals surface area contributed by atoms with Gasteiger partial charge < -0.3 is 5.11 Å². The molecule has 0 fully saturated rings. The summed E-state index contributed by atoms with van der Waals surface area (Å²) in [5.74, 6) is 0.681. The largest absolute Gasteiger partial charge is 0.494 e. The summed E-state index contributed by atoms with van der Waals surface area (Å²) in [6.07, 6.45) is 10.7. The van der Waals surface area contributed by atoms with Crippen LogP contribution in [0.5, 0.6) is 5.88 Å². The molecule has 48 heavy (non-hydrogen) atoms. The number of halogens is 1. The van der Waals surface area contributed by atoms with Gasteiger partial charge in [-0.1, -0.05) is 142 Å². The van der Waals surface area contributed by atoms with Crippen molar-refractivity contribution in [3.8, 4) is 5.88 Å². The van der Waals surface area contributed by atoms with E-state index in [1.807, 2.05) is 36.4 Å². The second-order valence-electron chi connectivity index (χ2n) is 13.4. The summed E-state index contributed by atoms with van der Waals surface area (Å²) in [7, 11) is 0. The van der Waals surface area contributed by atoms with Gasteiger partial charge in [0.1, 0.15) is 11.0 Å². The Morgan fingerprint density at radius 3 is 2.02 bits per heavy atom. The highest BCUT2D eigenvalue weighted by atomic mass is 79.9. The molecule has 8 rings (SSSR count). The van der Waals surface area contributed by atoms with Gasteiger partial charge >= 0.3 is 0 Å². The van der Waals surface area contributed by atoms with Gasteiger partial charge in [0, 0.05) is 37.6 Å². The van der Waals surface area contributed by atoms with Crippen LogP contribution in [0.15, 0.2) is 92.0 Å². The van der Waals surface area contributed by atoms with Crippen molar-refractivity contribution in [2.24, 2.45) is 9.98 Å². The van der Waals surface area contributed by atoms with Crippen molar-refractivity contribution in [3.63, 3.8) is 0 Å². The standard InChI is InChI=1S/C42H40BrN3O2/c1-3-5-7-12-17-26(18-13-8-6-4-2)46-41(47)31-22-21-28-27-19-14-20-29-32(43)24-23-30(33(27)29)36-34(28)35(31)37(42(46)48)39-38(36)44-40(45-39)25-15-10-9-11-16-25/h9-11,14-16,19-24,26,47H,3-8,12-13,17-18H2,1-2H3. The quantitative estimate of drug-likeness (QED) is 0.0784. The van der Waals surface area contributed by atoms with Crippen molar-refractivity contribution in [1.29, 1.82) is 0 Å². The molecule has 0 aliphatic carbocycles. The number of aliphatic imine (C=N–C) groups is 1. The summed E-state index contributed by atoms with van der Waals surface area (Å²) >= 11 is 3.80. The molecule has 0 bridgehead atoms. The molecule has 1 aliphatic rings. The number of amidine groups is 1. The van der Waals surface area contributed by atoms with Crippen LogP contribution in [-0.2, 0) is 0 Å². The smallest absolute Gasteiger partial charge is 0.263 e. The van der Waals surface area contributed by atoms with Crippen molar-refractivity contribution in [2.75, 3.05) is 0 Å². The number of hydrogen-bond donors (Lipinski definition) is 1. The SMILES string of the molecule is CCCCCCC(CCCCCC)n1c(O)c2ccc3c4cccc5c(Br)ccc(c6c7c(c(c1=O)c2c36)=NC(c1ccccc1)=N7)c54. The van der Waals surface area contributed by atoms with Crippen LogP contribution in [0.2, 0.25) is 0 Å². The first-order valence-corrected chi connectivity index (χ1v) is 18.5. The fourth-order valence-electron chi connectivity index (χ4n) is 8.15. The topological polar surface area (TPSA) is 67.0 Å². The average Bonchev–Trinajstić information content (AvgIpc) is 3.56. The van der Waals surface area contributed by atoms with E-state index in [4.69, 9.17) is 9.98 Å². The van der Waals surface area contributed by atoms with Crippen LogP contribution < -0.4 is 10.9 Å². The number of pyridine rings is 1. The van der Waals surface area contributed by atoms with Gasteiger partial charge in [0.25, 0.3) is 5.56 Å². The van der Waals surface area contributed by atoms with Gasteiger partial charge in [0.2, 0.25) is 5.88 Å². The molecule has 2 heterocycles. The molecular weight excluding hydrogens is 658 g/mol. The number of aromatic nitrogens is 1. The predicted octanol–water partition coefficient (Wildman–Crippen LogP) is 11.4. The Bertz CT molecular complexity index is 2470. The van der Waals surface area contributed by atoms with E-state index in [9.17, 15) is 5.11 Å². The number of nitrogens with zero attached hydrogens (tertiary/aromatic N) is 3. The molecule has 7 aromatic rings. The number of unbranched alkanes of at least 4 members (excludes halogenated alkanes) is 6. The Hall–Kier alpha value is -4.29. The minimum atomic E-state index is -0.163. The normalized spacial score (nSPS) is 13.1. The van der Waals surface area contributed by atoms with Gasteiger partial charge in [-0.3, -0.25) is 9.36 Å². The Kier molecular flexibility index (Phi) is 8.16. The summed E-state index contributed by atoms with van der Waals surface area (Å²) in [6, 6.07) is 24.7. The van der Waals surface area contributed by atoms with Gasteiger partial charge in [-0.15, -0.1) is 0 Å². The minimum absolute atomic E-state index is 0.0722. The zero-order valence-corrected chi connectivity index (χ0v) is 29.2. The van der Waals surface area contributed by atoms with E-state index in [0.29, 0.717) is 22.0 Å². The molecule has 0 radical (unpaired) electrons. The molecule has 242 valence electrons. The molecule has 1 N–H and O–H groups in total. The first-order chi connectivity index (χ1) is 23.5. The van der Waals surface area contributed by atoms with Crippen LogP contribution in [0.1, 0.15) is 89.7 Å². The van der Waals surface area contributed by atoms with E-state index in [2.05, 4.69) is 66.2 Å². The fraction of sp³-hybridized carbons (Fsp3) is 0.310. The third kappa shape index (κ3) is 4.82. The van der Waals surface area contributed by atoms with Crippen LogP contribution in [-0.4, -0.2) is 15.5 Å². The van der Waals surface area contributed by atoms with Gasteiger partial charge in [0.05, 0.1) is 5.39 Å². The molecule has 6 heteroatoms. The van der Waals surface area contributed by atoms with E-state index >= 15 is 4.79 Å². The number of rotatable bonds is 12. The third-order valence-electron chi connectivity index (χ3n) is 10.5. The van der Waals surface area contributed by atoms with Crippen LogP contribution in [0.25, 0.3) is 53.9 Å². The van der Waals surface area contributed by atoms with Crippen molar-refractivity contribution in [2.45, 2.75) is 84.1 Å². The van der Waals surface area contributed by atoms with Crippen molar-refractivity contribution < 1.29 is 5.11 Å². The van der Waals surface area contributed by atoms with Gasteiger partial charge in [-0.05, 0) is 51.9 Å². The fourth-order valence-corrected chi connectivity index (χ4v) is 8.62. The maximum absolute atomic E-state index is 15.1. The summed E-state index contributed by atoms with van der Waals surface area (Å²) in [5, 5.41) is 22.3. The molecule has 0 unspecified atom stereocenters. The van der Waals surface area contributed by atoms with Gasteiger partial charge in [-0.2, -0.15) is 0 Å². The third-order valence-corrected chi connectivity index (χ3v) is 11.2. The monoisotopic (exact) mass is 697 g/mol. The number of aromatic hydroxyl groups is 1. The van der Waals surface area contributed by atoms with Crippen LogP contribution >= 0.6 is 15.9 Å². The lowest BCUT2D eigenvalue weighted by Crippen LogP contribution is -2.29. The summed E-state index contributed by atoms with van der Waals surface area (Å²) in [4.78, 5) is 25.5. The Balaban J connectivity index is 1.49. The predicted molar refractivity (Wildman–Crippen MR) is 205 cm³/mol. The van der Waals surface area contributed by atoms with Gasteiger partial charge in [-0.25, -0.2) is 9.98 Å². The summed E-state index contributed by atoms with van der Waals surface area (Å²) < 4.78 is 2.76. The lowest BCUT2D eigenvalue weighted by Gasteiger charge is -2.24. The Morgan fingerprint density at radius 1 is 0.646 bits per heavy atom. The van der Waals surface area contributed by atoms with E-state index < -0.39 is 0 Å². The first-order valence-electron chi connectivity index (χ1n) is 17.7. The lowest BCUT2D eigenvalue weighted by molar-refractivity contribution is 0.334. The second-order valence-corrected chi connectivity index (χ2v) is 14.3. The molecular formula is C42H40BrN3O2. The highest BCUT2D eigenvalue weighted by Gasteiger charge is 2.29. The van der Waals surface area contributed by atoms with E-state index in [-0.39, 0.29) is 17.5 Å². The number of benzene rings is 6.